The van der Waals surface area contributed by atoms with Crippen molar-refractivity contribution in [3.63, 3.8) is 0 Å². The molecule has 0 spiro atoms. The Kier molecular flexibility index (Phi) is 4.96. The lowest BCUT2D eigenvalue weighted by Gasteiger charge is -2.29. The summed E-state index contributed by atoms with van der Waals surface area (Å²) in [5.41, 5.74) is 0.165. The maximum atomic E-state index is 12.9. The van der Waals surface area contributed by atoms with Gasteiger partial charge < -0.3 is 19.1 Å². The van der Waals surface area contributed by atoms with E-state index in [0.29, 0.717) is 30.3 Å². The molecule has 0 amide bonds. The fourth-order valence-electron chi connectivity index (χ4n) is 3.15. The second kappa shape index (κ2) is 7.42. The van der Waals surface area contributed by atoms with E-state index < -0.39 is 16.0 Å². The number of hydrogen-bond acceptors (Lipinski definition) is 6. The topological polar surface area (TPSA) is 86.6 Å². The number of fused-ring (bicyclic) bond motifs is 1. The second-order valence-electron chi connectivity index (χ2n) is 6.79. The van der Waals surface area contributed by atoms with Crippen LogP contribution in [0.3, 0.4) is 0 Å². The molecule has 2 aliphatic heterocycles. The van der Waals surface area contributed by atoms with E-state index in [4.69, 9.17) is 14.2 Å². The summed E-state index contributed by atoms with van der Waals surface area (Å²) < 4.78 is 43.1. The maximum absolute atomic E-state index is 12.9. The molecular weight excluding hydrogens is 384 g/mol. The molecule has 0 aliphatic carbocycles. The number of nitrogens with one attached hydrogen (secondary N) is 1. The van der Waals surface area contributed by atoms with E-state index >= 15 is 0 Å². The highest BCUT2D eigenvalue weighted by Gasteiger charge is 2.29. The van der Waals surface area contributed by atoms with E-state index in [1.54, 1.807) is 24.3 Å². The Balaban J connectivity index is 1.52. The van der Waals surface area contributed by atoms with E-state index in [-0.39, 0.29) is 17.3 Å². The van der Waals surface area contributed by atoms with Gasteiger partial charge in [0.1, 0.15) is 5.75 Å². The van der Waals surface area contributed by atoms with E-state index in [2.05, 4.69) is 0 Å². The van der Waals surface area contributed by atoms with Crippen LogP contribution in [0.1, 0.15) is 10.4 Å². The molecule has 0 atom stereocenters. The number of likely N-dealkylation sites (N-methyl/N-ethyl adjacent to an activating group) is 1. The number of ether oxygens (including phenoxy) is 3. The molecule has 8 nitrogen and oxygen atoms in total. The first-order chi connectivity index (χ1) is 13.4. The van der Waals surface area contributed by atoms with Crippen molar-refractivity contribution in [3.8, 4) is 17.2 Å². The number of carbonyl (C=O) groups excluding carboxylic acids is 1. The van der Waals surface area contributed by atoms with Gasteiger partial charge in [0, 0.05) is 6.07 Å². The van der Waals surface area contributed by atoms with Crippen LogP contribution in [-0.2, 0) is 10.0 Å². The van der Waals surface area contributed by atoms with Gasteiger partial charge in [0.2, 0.25) is 16.8 Å². The van der Waals surface area contributed by atoms with Crippen molar-refractivity contribution in [3.05, 3.63) is 48.0 Å². The van der Waals surface area contributed by atoms with Gasteiger partial charge in [-0.2, -0.15) is 4.31 Å². The maximum Gasteiger partial charge on any atom is 0.343 e. The highest BCUT2D eigenvalue weighted by molar-refractivity contribution is 7.89. The Morgan fingerprint density at radius 2 is 1.82 bits per heavy atom. The number of esters is 1. The van der Waals surface area contributed by atoms with Crippen LogP contribution in [0.15, 0.2) is 47.4 Å². The zero-order valence-electron chi connectivity index (χ0n) is 15.4. The molecule has 0 aromatic heterocycles. The van der Waals surface area contributed by atoms with Gasteiger partial charge in [-0.25, -0.2) is 13.2 Å². The minimum atomic E-state index is -3.65. The minimum Gasteiger partial charge on any atom is -0.454 e. The molecule has 1 saturated heterocycles. The first-order valence-electron chi connectivity index (χ1n) is 8.97. The highest BCUT2D eigenvalue weighted by Crippen LogP contribution is 2.35. The summed E-state index contributed by atoms with van der Waals surface area (Å²) in [5.74, 6) is 0.740. The third-order valence-electron chi connectivity index (χ3n) is 4.84. The molecule has 148 valence electrons. The fourth-order valence-corrected chi connectivity index (χ4v) is 4.64. The largest absolute Gasteiger partial charge is 0.454 e. The molecule has 0 radical (unpaired) electrons. The lowest BCUT2D eigenvalue weighted by molar-refractivity contribution is -0.883. The van der Waals surface area contributed by atoms with E-state index in [0.717, 1.165) is 13.1 Å². The van der Waals surface area contributed by atoms with Crippen molar-refractivity contribution in [2.24, 2.45) is 0 Å². The van der Waals surface area contributed by atoms with E-state index in [1.165, 1.54) is 27.4 Å². The molecule has 2 heterocycles. The van der Waals surface area contributed by atoms with E-state index in [9.17, 15) is 13.2 Å². The SMILES string of the molecule is C[NH+]1CCN(S(=O)(=O)c2cccc(C(=O)Oc3ccc4c(c3)OCO4)c2)CC1. The Morgan fingerprint density at radius 3 is 2.61 bits per heavy atom. The van der Waals surface area contributed by atoms with Gasteiger partial charge in [-0.3, -0.25) is 0 Å². The van der Waals surface area contributed by atoms with Gasteiger partial charge in [-0.05, 0) is 30.3 Å². The zero-order chi connectivity index (χ0) is 19.7. The number of quaternary nitrogens is 1. The number of sulfonamides is 1. The van der Waals surface area contributed by atoms with Crippen molar-refractivity contribution in [2.45, 2.75) is 4.90 Å². The van der Waals surface area contributed by atoms with E-state index in [1.807, 2.05) is 7.05 Å². The molecule has 28 heavy (non-hydrogen) atoms. The van der Waals surface area contributed by atoms with Crippen molar-refractivity contribution in [1.82, 2.24) is 4.31 Å². The van der Waals surface area contributed by atoms with Crippen LogP contribution < -0.4 is 19.1 Å². The summed E-state index contributed by atoms with van der Waals surface area (Å²) in [6.07, 6.45) is 0. The number of hydrogen-bond donors (Lipinski definition) is 1. The number of benzene rings is 2. The van der Waals surface area contributed by atoms with Crippen LogP contribution >= 0.6 is 0 Å². The first kappa shape index (κ1) is 18.7. The molecule has 2 aliphatic rings. The lowest BCUT2D eigenvalue weighted by Crippen LogP contribution is -3.12. The molecule has 1 fully saturated rings. The van der Waals surface area contributed by atoms with Gasteiger partial charge >= 0.3 is 5.97 Å². The summed E-state index contributed by atoms with van der Waals surface area (Å²) >= 11 is 0. The summed E-state index contributed by atoms with van der Waals surface area (Å²) in [4.78, 5) is 13.9. The average Bonchev–Trinajstić information content (AvgIpc) is 3.16. The predicted molar refractivity (Wildman–Crippen MR) is 99.3 cm³/mol. The molecule has 0 saturated carbocycles. The third kappa shape index (κ3) is 3.68. The number of piperazine rings is 1. The fraction of sp³-hybridized carbons (Fsp3) is 0.316. The predicted octanol–water partition coefficient (Wildman–Crippen LogP) is 0.154. The van der Waals surface area contributed by atoms with Gasteiger partial charge in [-0.1, -0.05) is 6.07 Å². The number of rotatable bonds is 4. The van der Waals surface area contributed by atoms with Crippen LogP contribution in [0.2, 0.25) is 0 Å². The molecule has 1 N–H and O–H groups in total. The van der Waals surface area contributed by atoms with Gasteiger partial charge in [-0.15, -0.1) is 0 Å². The second-order valence-corrected chi connectivity index (χ2v) is 8.73. The summed E-state index contributed by atoms with van der Waals surface area (Å²) in [6.45, 7) is 2.55. The Hall–Kier alpha value is -2.62. The molecule has 9 heteroatoms. The van der Waals surface area contributed by atoms with Gasteiger partial charge in [0.25, 0.3) is 0 Å². The van der Waals surface area contributed by atoms with Crippen molar-refractivity contribution < 1.29 is 32.3 Å². The van der Waals surface area contributed by atoms with Crippen LogP contribution in [0.5, 0.6) is 17.2 Å². The van der Waals surface area contributed by atoms with Crippen molar-refractivity contribution in [2.75, 3.05) is 40.0 Å². The van der Waals surface area contributed by atoms with Crippen molar-refractivity contribution in [1.29, 1.82) is 0 Å². The smallest absolute Gasteiger partial charge is 0.343 e. The Bertz CT molecular complexity index is 999. The molecule has 2 aromatic carbocycles. The number of nitrogens with zero attached hydrogens (tertiary/aromatic N) is 1. The minimum absolute atomic E-state index is 0.0900. The van der Waals surface area contributed by atoms with Gasteiger partial charge in [0.15, 0.2) is 11.5 Å². The molecular formula is C19H21N2O6S+. The van der Waals surface area contributed by atoms with Gasteiger partial charge in [0.05, 0.1) is 43.7 Å². The monoisotopic (exact) mass is 405 g/mol. The standard InChI is InChI=1S/C19H20N2O6S/c1-20-7-9-21(10-8-20)28(23,24)16-4-2-3-14(11-16)19(22)27-15-5-6-17-18(12-15)26-13-25-17/h2-6,11-12H,7-10,13H2,1H3/p+1. The van der Waals surface area contributed by atoms with Crippen LogP contribution in [0, 0.1) is 0 Å². The average molecular weight is 405 g/mol. The molecule has 0 unspecified atom stereocenters. The van der Waals surface area contributed by atoms with Crippen LogP contribution in [-0.4, -0.2) is 58.7 Å². The first-order valence-corrected chi connectivity index (χ1v) is 10.4. The highest BCUT2D eigenvalue weighted by atomic mass is 32.2. The molecule has 2 aromatic rings. The third-order valence-corrected chi connectivity index (χ3v) is 6.73. The van der Waals surface area contributed by atoms with Crippen LogP contribution in [0.25, 0.3) is 0 Å². The molecule has 4 rings (SSSR count). The normalized spacial score (nSPS) is 17.5. The molecule has 0 bridgehead atoms. The Labute approximate surface area is 163 Å². The lowest BCUT2D eigenvalue weighted by atomic mass is 10.2. The summed E-state index contributed by atoms with van der Waals surface area (Å²) in [5, 5.41) is 0. The van der Waals surface area contributed by atoms with Crippen LogP contribution in [0.4, 0.5) is 0 Å². The number of carbonyl (C=O) groups is 1. The summed E-state index contributed by atoms with van der Waals surface area (Å²) in [7, 11) is -1.61. The summed E-state index contributed by atoms with van der Waals surface area (Å²) in [6, 6.07) is 10.7. The Morgan fingerprint density at radius 1 is 1.07 bits per heavy atom. The van der Waals surface area contributed by atoms with Crippen molar-refractivity contribution >= 4 is 16.0 Å². The zero-order valence-corrected chi connectivity index (χ0v) is 16.2. The quantitative estimate of drug-likeness (QED) is 0.576.